The van der Waals surface area contributed by atoms with Crippen LogP contribution in [-0.4, -0.2) is 29.7 Å². The second kappa shape index (κ2) is 7.39. The van der Waals surface area contributed by atoms with Crippen molar-refractivity contribution in [1.82, 2.24) is 0 Å². The molecule has 0 aliphatic carbocycles. The van der Waals surface area contributed by atoms with Gasteiger partial charge in [-0.2, -0.15) is 13.1 Å². The molecule has 0 spiro atoms. The minimum atomic E-state index is -3.98. The molecule has 0 aliphatic rings. The summed E-state index contributed by atoms with van der Waals surface area (Å²) in [6.07, 6.45) is 0. The van der Waals surface area contributed by atoms with Crippen LogP contribution in [0.2, 0.25) is 0 Å². The lowest BCUT2D eigenvalue weighted by Crippen LogP contribution is -2.28. The van der Waals surface area contributed by atoms with Crippen LogP contribution in [0.3, 0.4) is 0 Å². The Labute approximate surface area is 128 Å². The molecule has 0 aliphatic heterocycles. The first-order valence-corrected chi connectivity index (χ1v) is 6.93. The van der Waals surface area contributed by atoms with Gasteiger partial charge >= 0.3 is 11.2 Å². The molecular formula is C14H12F2O5S. The highest BCUT2D eigenvalue weighted by Crippen LogP contribution is 2.30. The Bertz CT molecular complexity index is 645. The van der Waals surface area contributed by atoms with Crippen molar-refractivity contribution in [2.24, 2.45) is 0 Å². The van der Waals surface area contributed by atoms with E-state index < -0.39 is 23.3 Å². The molecule has 1 N–H and O–H groups in total. The number of hydrogen-bond donors (Lipinski definition) is 1. The summed E-state index contributed by atoms with van der Waals surface area (Å²) in [5.41, 5.74) is 0. The van der Waals surface area contributed by atoms with Gasteiger partial charge in [-0.05, 0) is 11.5 Å². The molecule has 118 valence electrons. The fourth-order valence-corrected chi connectivity index (χ4v) is 1.99. The van der Waals surface area contributed by atoms with Crippen LogP contribution in [0.4, 0.5) is 8.78 Å². The number of halogens is 2. The van der Waals surface area contributed by atoms with Gasteiger partial charge in [-0.3, -0.25) is 0 Å². The van der Waals surface area contributed by atoms with E-state index in [1.165, 1.54) is 0 Å². The van der Waals surface area contributed by atoms with Crippen molar-refractivity contribution in [2.45, 2.75) is 5.25 Å². The Kier molecular flexibility index (Phi) is 5.53. The maximum absolute atomic E-state index is 12.9. The Hall–Kier alpha value is -1.90. The van der Waals surface area contributed by atoms with Crippen LogP contribution in [0.5, 0.6) is 5.75 Å². The molecule has 0 amide bonds. The first kappa shape index (κ1) is 16.5. The van der Waals surface area contributed by atoms with E-state index in [1.54, 1.807) is 12.1 Å². The number of ether oxygens (including phenoxy) is 2. The highest BCUT2D eigenvalue weighted by atomic mass is 32.2. The number of esters is 1. The Morgan fingerprint density at radius 3 is 2.64 bits per heavy atom. The minimum absolute atomic E-state index is 0.0829. The maximum Gasteiger partial charge on any atom is 0.415 e. The second-order valence-electron chi connectivity index (χ2n) is 4.14. The largest absolute Gasteiger partial charge is 0.489 e. The molecule has 0 saturated heterocycles. The van der Waals surface area contributed by atoms with Crippen LogP contribution < -0.4 is 4.74 Å². The molecule has 0 saturated carbocycles. The van der Waals surface area contributed by atoms with Crippen molar-refractivity contribution in [3.63, 3.8) is 0 Å². The summed E-state index contributed by atoms with van der Waals surface area (Å²) in [6, 6.07) is 12.9. The van der Waals surface area contributed by atoms with E-state index >= 15 is 0 Å². The van der Waals surface area contributed by atoms with Gasteiger partial charge in [0.05, 0.1) is 0 Å². The third-order valence-corrected chi connectivity index (χ3v) is 3.15. The summed E-state index contributed by atoms with van der Waals surface area (Å²) in [4.78, 5) is 11.0. The van der Waals surface area contributed by atoms with E-state index in [9.17, 15) is 13.6 Å². The van der Waals surface area contributed by atoms with Gasteiger partial charge in [0.1, 0.15) is 31.0 Å². The lowest BCUT2D eigenvalue weighted by molar-refractivity contribution is -0.165. The molecule has 0 bridgehead atoms. The molecule has 0 fully saturated rings. The summed E-state index contributed by atoms with van der Waals surface area (Å²) < 4.78 is 38.9. The van der Waals surface area contributed by atoms with Crippen molar-refractivity contribution in [2.75, 3.05) is 13.2 Å². The smallest absolute Gasteiger partial charge is 0.415 e. The summed E-state index contributed by atoms with van der Waals surface area (Å²) in [7, 11) is 0. The molecule has 0 radical (unpaired) electrons. The number of fused-ring (bicyclic) bond motifs is 1. The standard InChI is InChI=1S/C14H12F2O5S/c15-14(16,22-21-18)13(17)20-9-8-19-12-7-3-5-10-4-1-2-6-11(10)12/h1-7,18H,8-9H2. The lowest BCUT2D eigenvalue weighted by Gasteiger charge is -2.13. The lowest BCUT2D eigenvalue weighted by atomic mass is 10.1. The minimum Gasteiger partial charge on any atom is -0.489 e. The molecule has 22 heavy (non-hydrogen) atoms. The number of hydrogen-bond acceptors (Lipinski definition) is 6. The van der Waals surface area contributed by atoms with E-state index in [0.29, 0.717) is 5.75 Å². The highest BCUT2D eigenvalue weighted by Gasteiger charge is 2.43. The fourth-order valence-electron chi connectivity index (χ4n) is 1.77. The van der Waals surface area contributed by atoms with Crippen LogP contribution in [-0.2, 0) is 13.9 Å². The summed E-state index contributed by atoms with van der Waals surface area (Å²) >= 11 is -0.695. The van der Waals surface area contributed by atoms with Crippen molar-refractivity contribution in [3.05, 3.63) is 42.5 Å². The number of alkyl halides is 2. The van der Waals surface area contributed by atoms with E-state index in [-0.39, 0.29) is 13.2 Å². The molecule has 5 nitrogen and oxygen atoms in total. The Morgan fingerprint density at radius 1 is 1.14 bits per heavy atom. The monoisotopic (exact) mass is 330 g/mol. The third kappa shape index (κ3) is 4.06. The van der Waals surface area contributed by atoms with Gasteiger partial charge in [0.15, 0.2) is 0 Å². The third-order valence-electron chi connectivity index (χ3n) is 2.70. The van der Waals surface area contributed by atoms with E-state index in [2.05, 4.69) is 9.07 Å². The summed E-state index contributed by atoms with van der Waals surface area (Å²) in [5.74, 6) is -1.25. The molecule has 0 unspecified atom stereocenters. The zero-order chi connectivity index (χ0) is 16.0. The quantitative estimate of drug-likeness (QED) is 0.276. The summed E-state index contributed by atoms with van der Waals surface area (Å²) in [6.45, 7) is -0.440. The van der Waals surface area contributed by atoms with Crippen LogP contribution in [0, 0.1) is 0 Å². The second-order valence-corrected chi connectivity index (χ2v) is 4.96. The van der Waals surface area contributed by atoms with Crippen molar-refractivity contribution >= 4 is 28.8 Å². The van der Waals surface area contributed by atoms with Gasteiger partial charge in [-0.25, -0.2) is 10.1 Å². The zero-order valence-electron chi connectivity index (χ0n) is 11.2. The predicted molar refractivity (Wildman–Crippen MR) is 76.7 cm³/mol. The van der Waals surface area contributed by atoms with Gasteiger partial charge in [0, 0.05) is 5.39 Å². The molecule has 0 heterocycles. The number of rotatable bonds is 7. The molecule has 8 heteroatoms. The number of carbonyl (C=O) groups excluding carboxylic acids is 1. The molecule has 2 rings (SSSR count). The Balaban J connectivity index is 1.87. The molecule has 2 aromatic rings. The van der Waals surface area contributed by atoms with E-state index in [0.717, 1.165) is 10.8 Å². The molecule has 2 aromatic carbocycles. The van der Waals surface area contributed by atoms with Gasteiger partial charge in [0.2, 0.25) is 0 Å². The van der Waals surface area contributed by atoms with Crippen molar-refractivity contribution < 1.29 is 32.6 Å². The topological polar surface area (TPSA) is 65.0 Å². The van der Waals surface area contributed by atoms with E-state index in [1.807, 2.05) is 30.3 Å². The van der Waals surface area contributed by atoms with E-state index in [4.69, 9.17) is 9.99 Å². The van der Waals surface area contributed by atoms with Crippen LogP contribution in [0.1, 0.15) is 0 Å². The highest BCUT2D eigenvalue weighted by molar-refractivity contribution is 7.96. The predicted octanol–water partition coefficient (Wildman–Crippen LogP) is 3.49. The van der Waals surface area contributed by atoms with Crippen LogP contribution in [0.25, 0.3) is 10.8 Å². The number of benzene rings is 2. The molecular weight excluding hydrogens is 318 g/mol. The average molecular weight is 330 g/mol. The normalized spacial score (nSPS) is 11.4. The van der Waals surface area contributed by atoms with Gasteiger partial charge in [-0.15, -0.1) is 0 Å². The molecule has 0 atom stereocenters. The van der Waals surface area contributed by atoms with Gasteiger partial charge in [-0.1, -0.05) is 36.4 Å². The Morgan fingerprint density at radius 2 is 1.86 bits per heavy atom. The summed E-state index contributed by atoms with van der Waals surface area (Å²) in [5, 5.41) is 5.78. The first-order chi connectivity index (χ1) is 10.5. The SMILES string of the molecule is O=C(OCCOc1cccc2ccccc12)C(F)(F)SOO. The average Bonchev–Trinajstić information content (AvgIpc) is 2.51. The fraction of sp³-hybridized carbons (Fsp3) is 0.214. The first-order valence-electron chi connectivity index (χ1n) is 6.19. The van der Waals surface area contributed by atoms with Gasteiger partial charge in [0.25, 0.3) is 0 Å². The molecule has 0 aromatic heterocycles. The van der Waals surface area contributed by atoms with Crippen molar-refractivity contribution in [1.29, 1.82) is 0 Å². The maximum atomic E-state index is 12.9. The van der Waals surface area contributed by atoms with Gasteiger partial charge < -0.3 is 9.47 Å². The number of carbonyl (C=O) groups is 1. The van der Waals surface area contributed by atoms with Crippen LogP contribution >= 0.6 is 12.0 Å². The van der Waals surface area contributed by atoms with Crippen LogP contribution in [0.15, 0.2) is 42.5 Å². The van der Waals surface area contributed by atoms with Crippen molar-refractivity contribution in [3.8, 4) is 5.75 Å². The zero-order valence-corrected chi connectivity index (χ0v) is 12.0.